The van der Waals surface area contributed by atoms with Gasteiger partial charge in [-0.3, -0.25) is 9.69 Å². The second-order valence-electron chi connectivity index (χ2n) is 5.83. The lowest BCUT2D eigenvalue weighted by Crippen LogP contribution is -2.29. The van der Waals surface area contributed by atoms with Gasteiger partial charge in [0.2, 0.25) is 5.91 Å². The highest BCUT2D eigenvalue weighted by atomic mass is 32.1. The number of thiazole rings is 1. The predicted molar refractivity (Wildman–Crippen MR) is 82.0 cm³/mol. The molecule has 1 N–H and O–H groups in total. The number of rotatable bonds is 3. The molecular weight excluding hydrogens is 270 g/mol. The first kappa shape index (κ1) is 14.0. The summed E-state index contributed by atoms with van der Waals surface area (Å²) in [6.07, 6.45) is 6.76. The van der Waals surface area contributed by atoms with Crippen LogP contribution in [0.2, 0.25) is 0 Å². The molecule has 1 aromatic rings. The summed E-state index contributed by atoms with van der Waals surface area (Å²) < 4.78 is 0. The number of hydrogen-bond donors (Lipinski definition) is 1. The number of hydrogen-bond acceptors (Lipinski definition) is 4. The highest BCUT2D eigenvalue weighted by Gasteiger charge is 2.24. The van der Waals surface area contributed by atoms with Gasteiger partial charge < -0.3 is 5.32 Å². The first-order valence-corrected chi connectivity index (χ1v) is 8.59. The molecule has 1 saturated carbocycles. The number of amides is 1. The van der Waals surface area contributed by atoms with Crippen LogP contribution < -0.4 is 5.32 Å². The number of carbonyl (C=O) groups excluding carboxylic acids is 1. The lowest BCUT2D eigenvalue weighted by atomic mass is 9.89. The Kier molecular flexibility index (Phi) is 4.36. The number of nitrogens with zero attached hydrogens (tertiary/aromatic N) is 2. The van der Waals surface area contributed by atoms with E-state index in [0.29, 0.717) is 0 Å². The highest BCUT2D eigenvalue weighted by Crippen LogP contribution is 2.30. The molecule has 1 aromatic heterocycles. The van der Waals surface area contributed by atoms with E-state index in [1.807, 2.05) is 0 Å². The number of carbonyl (C=O) groups is 1. The number of anilines is 1. The second-order valence-corrected chi connectivity index (χ2v) is 6.92. The molecule has 0 unspecified atom stereocenters. The molecule has 0 aromatic carbocycles. The Balaban J connectivity index is 1.63. The minimum atomic E-state index is 0.183. The average Bonchev–Trinajstić information content (AvgIpc) is 2.89. The van der Waals surface area contributed by atoms with E-state index >= 15 is 0 Å². The molecule has 1 aliphatic carbocycles. The number of aromatic nitrogens is 1. The van der Waals surface area contributed by atoms with Crippen molar-refractivity contribution in [1.82, 2.24) is 9.88 Å². The number of likely N-dealkylation sites (N-methyl/N-ethyl adjacent to an activating group) is 1. The Morgan fingerprint density at radius 1 is 1.40 bits per heavy atom. The predicted octanol–water partition coefficient (Wildman–Crippen LogP) is 3.04. The lowest BCUT2D eigenvalue weighted by molar-refractivity contribution is -0.120. The third-order valence-corrected chi connectivity index (χ3v) is 5.46. The highest BCUT2D eigenvalue weighted by molar-refractivity contribution is 7.15. The van der Waals surface area contributed by atoms with E-state index < -0.39 is 0 Å². The normalized spacial score (nSPS) is 20.6. The fraction of sp³-hybridized carbons (Fsp3) is 0.733. The second kappa shape index (κ2) is 6.22. The lowest BCUT2D eigenvalue weighted by Gasteiger charge is -2.23. The van der Waals surface area contributed by atoms with E-state index in [1.165, 1.54) is 29.8 Å². The first-order valence-electron chi connectivity index (χ1n) is 7.78. The molecule has 1 fully saturated rings. The van der Waals surface area contributed by atoms with Crippen LogP contribution in [0.3, 0.4) is 0 Å². The molecule has 0 saturated heterocycles. The van der Waals surface area contributed by atoms with E-state index in [9.17, 15) is 4.79 Å². The van der Waals surface area contributed by atoms with E-state index in [1.54, 1.807) is 11.3 Å². The SMILES string of the molecule is CCN1CCc2nc(NC(=O)C3CCCCC3)sc2C1. The van der Waals surface area contributed by atoms with Crippen molar-refractivity contribution in [1.29, 1.82) is 0 Å². The Bertz CT molecular complexity index is 479. The summed E-state index contributed by atoms with van der Waals surface area (Å²) in [6.45, 7) is 5.35. The van der Waals surface area contributed by atoms with Gasteiger partial charge in [0.25, 0.3) is 0 Å². The summed E-state index contributed by atoms with van der Waals surface area (Å²) in [7, 11) is 0. The third kappa shape index (κ3) is 3.04. The minimum absolute atomic E-state index is 0.183. The molecule has 2 aliphatic rings. The van der Waals surface area contributed by atoms with Crippen LogP contribution in [0.4, 0.5) is 5.13 Å². The van der Waals surface area contributed by atoms with Gasteiger partial charge in [-0.25, -0.2) is 4.98 Å². The fourth-order valence-corrected chi connectivity index (χ4v) is 4.20. The van der Waals surface area contributed by atoms with Gasteiger partial charge in [0.1, 0.15) is 0 Å². The molecule has 4 nitrogen and oxygen atoms in total. The average molecular weight is 293 g/mol. The van der Waals surface area contributed by atoms with Crippen molar-refractivity contribution in [3.8, 4) is 0 Å². The zero-order chi connectivity index (χ0) is 13.9. The third-order valence-electron chi connectivity index (χ3n) is 4.46. The Morgan fingerprint density at radius 2 is 2.20 bits per heavy atom. The Morgan fingerprint density at radius 3 is 2.95 bits per heavy atom. The van der Waals surface area contributed by atoms with Crippen LogP contribution in [0.1, 0.15) is 49.6 Å². The van der Waals surface area contributed by atoms with Gasteiger partial charge in [0, 0.05) is 30.3 Å². The van der Waals surface area contributed by atoms with Crippen LogP contribution >= 0.6 is 11.3 Å². The van der Waals surface area contributed by atoms with Crippen molar-refractivity contribution >= 4 is 22.4 Å². The number of fused-ring (bicyclic) bond motifs is 1. The van der Waals surface area contributed by atoms with Gasteiger partial charge >= 0.3 is 0 Å². The summed E-state index contributed by atoms with van der Waals surface area (Å²) in [5, 5.41) is 3.86. The smallest absolute Gasteiger partial charge is 0.229 e. The first-order chi connectivity index (χ1) is 9.76. The van der Waals surface area contributed by atoms with Gasteiger partial charge in [0.15, 0.2) is 5.13 Å². The molecule has 0 spiro atoms. The minimum Gasteiger partial charge on any atom is -0.302 e. The summed E-state index contributed by atoms with van der Waals surface area (Å²) >= 11 is 1.66. The molecule has 20 heavy (non-hydrogen) atoms. The molecule has 1 amide bonds. The summed E-state index contributed by atoms with van der Waals surface area (Å²) in [4.78, 5) is 20.6. The quantitative estimate of drug-likeness (QED) is 0.931. The number of nitrogens with one attached hydrogen (secondary N) is 1. The van der Waals surface area contributed by atoms with Crippen molar-refractivity contribution in [3.63, 3.8) is 0 Å². The van der Waals surface area contributed by atoms with Gasteiger partial charge in [-0.2, -0.15) is 0 Å². The summed E-state index contributed by atoms with van der Waals surface area (Å²) in [5.74, 6) is 0.389. The molecule has 5 heteroatoms. The maximum Gasteiger partial charge on any atom is 0.229 e. The molecule has 0 bridgehead atoms. The molecular formula is C15H23N3OS. The molecule has 110 valence electrons. The van der Waals surface area contributed by atoms with Crippen LogP contribution in [0.25, 0.3) is 0 Å². The van der Waals surface area contributed by atoms with E-state index in [2.05, 4.69) is 22.1 Å². The van der Waals surface area contributed by atoms with Crippen molar-refractivity contribution in [2.75, 3.05) is 18.4 Å². The van der Waals surface area contributed by atoms with Crippen LogP contribution in [0.15, 0.2) is 0 Å². The van der Waals surface area contributed by atoms with Gasteiger partial charge in [0.05, 0.1) is 5.69 Å². The topological polar surface area (TPSA) is 45.2 Å². The van der Waals surface area contributed by atoms with Crippen molar-refractivity contribution in [3.05, 3.63) is 10.6 Å². The zero-order valence-electron chi connectivity index (χ0n) is 12.2. The van der Waals surface area contributed by atoms with Gasteiger partial charge in [-0.15, -0.1) is 11.3 Å². The monoisotopic (exact) mass is 293 g/mol. The van der Waals surface area contributed by atoms with E-state index in [0.717, 1.165) is 44.0 Å². The van der Waals surface area contributed by atoms with E-state index in [-0.39, 0.29) is 11.8 Å². The maximum atomic E-state index is 12.2. The fourth-order valence-electron chi connectivity index (χ4n) is 3.14. The summed E-state index contributed by atoms with van der Waals surface area (Å²) in [5.41, 5.74) is 1.19. The van der Waals surface area contributed by atoms with Crippen LogP contribution in [0, 0.1) is 5.92 Å². The standard InChI is InChI=1S/C15H23N3OS/c1-2-18-9-8-12-13(10-18)20-15(16-12)17-14(19)11-6-4-3-5-7-11/h11H,2-10H2,1H3,(H,16,17,19). The van der Waals surface area contributed by atoms with Crippen molar-refractivity contribution in [2.24, 2.45) is 5.92 Å². The molecule has 3 rings (SSSR count). The molecule has 0 radical (unpaired) electrons. The van der Waals surface area contributed by atoms with E-state index in [4.69, 9.17) is 0 Å². The van der Waals surface area contributed by atoms with Gasteiger partial charge in [-0.1, -0.05) is 26.2 Å². The molecule has 2 heterocycles. The zero-order valence-corrected chi connectivity index (χ0v) is 13.0. The van der Waals surface area contributed by atoms with Crippen LogP contribution in [-0.2, 0) is 17.8 Å². The Labute approximate surface area is 124 Å². The largest absolute Gasteiger partial charge is 0.302 e. The van der Waals surface area contributed by atoms with Crippen molar-refractivity contribution in [2.45, 2.75) is 52.0 Å². The van der Waals surface area contributed by atoms with Crippen molar-refractivity contribution < 1.29 is 4.79 Å². The maximum absolute atomic E-state index is 12.2. The van der Waals surface area contributed by atoms with Crippen LogP contribution in [0.5, 0.6) is 0 Å². The van der Waals surface area contributed by atoms with Gasteiger partial charge in [-0.05, 0) is 19.4 Å². The van der Waals surface area contributed by atoms with Crippen LogP contribution in [-0.4, -0.2) is 28.9 Å². The molecule has 0 atom stereocenters. The summed E-state index contributed by atoms with van der Waals surface area (Å²) in [6, 6.07) is 0. The molecule has 1 aliphatic heterocycles. The Hall–Kier alpha value is -0.940.